The lowest BCUT2D eigenvalue weighted by Gasteiger charge is -2.33. The minimum absolute atomic E-state index is 0.0493. The third-order valence-electron chi connectivity index (χ3n) is 9.25. The Morgan fingerprint density at radius 3 is 2.54 bits per heavy atom. The van der Waals surface area contributed by atoms with Gasteiger partial charge in [0.1, 0.15) is 17.9 Å². The molecule has 1 fully saturated rings. The van der Waals surface area contributed by atoms with Crippen LogP contribution in [-0.2, 0) is 21.3 Å². The first-order chi connectivity index (χ1) is 24.0. The molecule has 5 aromatic rings. The number of benzene rings is 2. The third-order valence-corrected chi connectivity index (χ3v) is 10.6. The SMILES string of the molecule is Cc1cccc(C)c1-c1cc2nc(n1)NS(=O)(=O)c1cccc(c1)C(=O)N(Cc1cnc3oc(C(C)C)cc3n1)C(CCOC1CCC1)CO2. The van der Waals surface area contributed by atoms with Crippen molar-refractivity contribution < 1.29 is 27.1 Å². The fourth-order valence-electron chi connectivity index (χ4n) is 6.23. The Bertz CT molecular complexity index is 2140. The lowest BCUT2D eigenvalue weighted by atomic mass is 9.96. The highest BCUT2D eigenvalue weighted by atomic mass is 32.2. The number of rotatable bonds is 8. The van der Waals surface area contributed by atoms with Crippen LogP contribution in [0.25, 0.3) is 22.5 Å². The van der Waals surface area contributed by atoms with Gasteiger partial charge in [-0.3, -0.25) is 4.79 Å². The van der Waals surface area contributed by atoms with Crippen LogP contribution in [0.2, 0.25) is 0 Å². The van der Waals surface area contributed by atoms with Gasteiger partial charge in [-0.2, -0.15) is 4.98 Å². The van der Waals surface area contributed by atoms with E-state index in [2.05, 4.69) is 19.7 Å². The fraction of sp³-hybridized carbons (Fsp3) is 0.378. The number of nitrogens with zero attached hydrogens (tertiary/aromatic N) is 5. The van der Waals surface area contributed by atoms with Crippen molar-refractivity contribution in [3.63, 3.8) is 0 Å². The number of hydrogen-bond donors (Lipinski definition) is 1. The van der Waals surface area contributed by atoms with Crippen LogP contribution in [0.4, 0.5) is 5.95 Å². The molecule has 12 nitrogen and oxygen atoms in total. The predicted octanol–water partition coefficient (Wildman–Crippen LogP) is 6.58. The first-order valence-electron chi connectivity index (χ1n) is 16.9. The molecule has 3 aromatic heterocycles. The summed E-state index contributed by atoms with van der Waals surface area (Å²) in [4.78, 5) is 34.4. The van der Waals surface area contributed by atoms with Crippen LogP contribution >= 0.6 is 0 Å². The molecule has 1 amide bonds. The quantitative estimate of drug-likeness (QED) is 0.188. The smallest absolute Gasteiger partial charge is 0.264 e. The van der Waals surface area contributed by atoms with E-state index in [1.165, 1.54) is 12.1 Å². The van der Waals surface area contributed by atoms with Crippen LogP contribution in [0.5, 0.6) is 5.88 Å². The van der Waals surface area contributed by atoms with Gasteiger partial charge in [-0.15, -0.1) is 0 Å². The maximum Gasteiger partial charge on any atom is 0.264 e. The van der Waals surface area contributed by atoms with Gasteiger partial charge >= 0.3 is 0 Å². The summed E-state index contributed by atoms with van der Waals surface area (Å²) in [7, 11) is -4.19. The summed E-state index contributed by atoms with van der Waals surface area (Å²) in [6.07, 6.45) is 5.44. The Balaban J connectivity index is 1.32. The number of nitrogens with one attached hydrogen (secondary N) is 1. The Kier molecular flexibility index (Phi) is 9.27. The maximum absolute atomic E-state index is 14.5. The normalized spacial score (nSPS) is 17.7. The number of furan rings is 1. The van der Waals surface area contributed by atoms with Gasteiger partial charge in [0.2, 0.25) is 17.5 Å². The van der Waals surface area contributed by atoms with Crippen molar-refractivity contribution in [2.24, 2.45) is 0 Å². The molecule has 2 aliphatic rings. The van der Waals surface area contributed by atoms with E-state index in [9.17, 15) is 13.2 Å². The van der Waals surface area contributed by atoms with Crippen molar-refractivity contribution in [1.82, 2.24) is 24.8 Å². The van der Waals surface area contributed by atoms with Crippen molar-refractivity contribution in [1.29, 1.82) is 0 Å². The number of fused-ring (bicyclic) bond motifs is 5. The Hall–Kier alpha value is -4.88. The lowest BCUT2D eigenvalue weighted by Crippen LogP contribution is -2.44. The Morgan fingerprint density at radius 2 is 1.80 bits per heavy atom. The van der Waals surface area contributed by atoms with Crippen LogP contribution < -0.4 is 9.46 Å². The molecule has 1 atom stereocenters. The zero-order chi connectivity index (χ0) is 35.0. The van der Waals surface area contributed by atoms with E-state index in [0.29, 0.717) is 35.6 Å². The molecule has 1 aliphatic heterocycles. The van der Waals surface area contributed by atoms with Crippen molar-refractivity contribution >= 4 is 33.1 Å². The van der Waals surface area contributed by atoms with Gasteiger partial charge in [-0.25, -0.2) is 28.1 Å². The van der Waals surface area contributed by atoms with Gasteiger partial charge in [-0.1, -0.05) is 38.1 Å². The summed E-state index contributed by atoms with van der Waals surface area (Å²) in [6, 6.07) is 14.9. The number of carbonyl (C=O) groups is 1. The van der Waals surface area contributed by atoms with E-state index in [1.807, 2.05) is 52.0 Å². The van der Waals surface area contributed by atoms with Gasteiger partial charge in [0.15, 0.2) is 0 Å². The fourth-order valence-corrected chi connectivity index (χ4v) is 7.22. The average Bonchev–Trinajstić information content (AvgIpc) is 3.50. The number of carbonyl (C=O) groups excluding carboxylic acids is 1. The molecule has 4 heterocycles. The molecule has 0 saturated heterocycles. The summed E-state index contributed by atoms with van der Waals surface area (Å²) < 4.78 is 48.3. The highest BCUT2D eigenvalue weighted by molar-refractivity contribution is 7.92. The largest absolute Gasteiger partial charge is 0.475 e. The molecular weight excluding hydrogens is 657 g/mol. The van der Waals surface area contributed by atoms with Crippen LogP contribution in [0.15, 0.2) is 70.1 Å². The zero-order valence-corrected chi connectivity index (χ0v) is 29.4. The van der Waals surface area contributed by atoms with Gasteiger partial charge in [0, 0.05) is 35.8 Å². The van der Waals surface area contributed by atoms with E-state index in [1.54, 1.807) is 29.3 Å². The molecule has 1 aliphatic carbocycles. The van der Waals surface area contributed by atoms with E-state index in [0.717, 1.165) is 41.7 Å². The van der Waals surface area contributed by atoms with Crippen LogP contribution in [0.3, 0.4) is 0 Å². The van der Waals surface area contributed by atoms with E-state index >= 15 is 0 Å². The minimum atomic E-state index is -4.19. The second kappa shape index (κ2) is 13.8. The maximum atomic E-state index is 14.5. The number of anilines is 1. The Labute approximate surface area is 291 Å². The number of hydrogen-bond acceptors (Lipinski definition) is 10. The molecule has 1 N–H and O–H groups in total. The van der Waals surface area contributed by atoms with E-state index in [-0.39, 0.29) is 53.4 Å². The summed E-state index contributed by atoms with van der Waals surface area (Å²) in [5.41, 5.74) is 5.05. The second-order valence-electron chi connectivity index (χ2n) is 13.3. The van der Waals surface area contributed by atoms with Crippen LogP contribution in [0.1, 0.15) is 78.4 Å². The molecule has 2 aromatic carbocycles. The number of aromatic nitrogens is 4. The number of ether oxygens (including phenoxy) is 2. The van der Waals surface area contributed by atoms with E-state index in [4.69, 9.17) is 18.9 Å². The number of amides is 1. The summed E-state index contributed by atoms with van der Waals surface area (Å²) >= 11 is 0. The molecule has 1 unspecified atom stereocenters. The van der Waals surface area contributed by atoms with Gasteiger partial charge in [-0.05, 0) is 68.9 Å². The van der Waals surface area contributed by atoms with Crippen molar-refractivity contribution in [2.45, 2.75) is 82.9 Å². The van der Waals surface area contributed by atoms with Crippen molar-refractivity contribution in [3.8, 4) is 17.1 Å². The molecule has 0 spiro atoms. The molecule has 4 bridgehead atoms. The lowest BCUT2D eigenvalue weighted by molar-refractivity contribution is -0.0111. The predicted molar refractivity (Wildman–Crippen MR) is 187 cm³/mol. The van der Waals surface area contributed by atoms with Gasteiger partial charge < -0.3 is 18.8 Å². The Morgan fingerprint density at radius 1 is 1.02 bits per heavy atom. The second-order valence-corrected chi connectivity index (χ2v) is 15.0. The first kappa shape index (κ1) is 33.6. The monoisotopic (exact) mass is 696 g/mol. The highest BCUT2D eigenvalue weighted by Crippen LogP contribution is 2.31. The summed E-state index contributed by atoms with van der Waals surface area (Å²) in [5, 5.41) is 0. The van der Waals surface area contributed by atoms with E-state index < -0.39 is 16.1 Å². The average molecular weight is 697 g/mol. The minimum Gasteiger partial charge on any atom is -0.475 e. The molecular formula is C37H40N6O6S. The van der Waals surface area contributed by atoms with Gasteiger partial charge in [0.05, 0.1) is 41.2 Å². The molecule has 1 saturated carbocycles. The molecule has 13 heteroatoms. The number of sulfonamides is 1. The van der Waals surface area contributed by atoms with Crippen molar-refractivity contribution in [2.75, 3.05) is 17.9 Å². The van der Waals surface area contributed by atoms with Gasteiger partial charge in [0.25, 0.3) is 15.9 Å². The molecule has 7 rings (SSSR count). The first-order valence-corrected chi connectivity index (χ1v) is 18.4. The standard InChI is InChI=1S/C37H40N6O6S/c1-22(2)32-17-31-35(49-32)38-19-26(39-31)20-43-27(14-15-47-28-11-7-12-28)21-48-33-18-30(34-23(3)8-5-9-24(34)4)40-37(41-33)42-50(45,46)29-13-6-10-25(16-29)36(43)44/h5-6,8-10,13,16-19,22,27-28H,7,11-12,14-15,20-21H2,1-4H3,(H,40,41,42). The molecule has 260 valence electrons. The van der Waals surface area contributed by atoms with Crippen LogP contribution in [0, 0.1) is 13.8 Å². The van der Waals surface area contributed by atoms with Crippen molar-refractivity contribution in [3.05, 3.63) is 88.9 Å². The topological polar surface area (TPSA) is 150 Å². The van der Waals surface area contributed by atoms with Crippen LogP contribution in [-0.4, -0.2) is 64.5 Å². The third kappa shape index (κ3) is 7.06. The molecule has 50 heavy (non-hydrogen) atoms. The number of aryl methyl sites for hydroxylation is 2. The zero-order valence-electron chi connectivity index (χ0n) is 28.5. The highest BCUT2D eigenvalue weighted by Gasteiger charge is 2.30. The summed E-state index contributed by atoms with van der Waals surface area (Å²) in [6.45, 7) is 8.54. The summed E-state index contributed by atoms with van der Waals surface area (Å²) in [5.74, 6) is 0.570. The molecule has 0 radical (unpaired) electrons.